The van der Waals surface area contributed by atoms with Crippen LogP contribution in [0.25, 0.3) is 10.9 Å². The predicted octanol–water partition coefficient (Wildman–Crippen LogP) is 4.74. The Morgan fingerprint density at radius 2 is 2.04 bits per heavy atom. The first kappa shape index (κ1) is 14.5. The quantitative estimate of drug-likeness (QED) is 0.685. The molecule has 0 radical (unpaired) electrons. The maximum absolute atomic E-state index is 13.3. The number of aromatic amines is 1. The molecular formula is C18H14BrFN2O. The predicted molar refractivity (Wildman–Crippen MR) is 91.9 cm³/mol. The molecule has 2 aromatic carbocycles. The number of carbonyl (C=O) groups is 1. The second-order valence-corrected chi connectivity index (χ2v) is 6.85. The first-order valence-corrected chi connectivity index (χ1v) is 8.22. The van der Waals surface area contributed by atoms with Gasteiger partial charge in [-0.15, -0.1) is 0 Å². The Morgan fingerprint density at radius 3 is 2.78 bits per heavy atom. The van der Waals surface area contributed by atoms with Gasteiger partial charge in [0.25, 0.3) is 0 Å². The molecule has 0 aliphatic heterocycles. The molecule has 0 saturated heterocycles. The van der Waals surface area contributed by atoms with Gasteiger partial charge in [-0.1, -0.05) is 22.0 Å². The minimum Gasteiger partial charge on any atom is -0.361 e. The molecule has 2 N–H and O–H groups in total. The summed E-state index contributed by atoms with van der Waals surface area (Å²) in [5.41, 5.74) is 1.92. The molecule has 4 rings (SSSR count). The number of H-pyrrole nitrogens is 1. The zero-order chi connectivity index (χ0) is 16.0. The van der Waals surface area contributed by atoms with Crippen molar-refractivity contribution in [1.82, 2.24) is 4.98 Å². The summed E-state index contributed by atoms with van der Waals surface area (Å²) in [6.07, 6.45) is 3.44. The normalized spacial score (nSPS) is 15.6. The van der Waals surface area contributed by atoms with Crippen LogP contribution in [0.2, 0.25) is 0 Å². The van der Waals surface area contributed by atoms with Crippen LogP contribution >= 0.6 is 15.9 Å². The zero-order valence-electron chi connectivity index (χ0n) is 12.2. The van der Waals surface area contributed by atoms with Gasteiger partial charge in [-0.3, -0.25) is 4.79 Å². The van der Waals surface area contributed by atoms with Crippen molar-refractivity contribution in [2.24, 2.45) is 0 Å². The van der Waals surface area contributed by atoms with E-state index in [4.69, 9.17) is 0 Å². The van der Waals surface area contributed by atoms with Crippen molar-refractivity contribution in [3.8, 4) is 0 Å². The smallest absolute Gasteiger partial charge is 0.235 e. The number of carbonyl (C=O) groups excluding carboxylic acids is 1. The monoisotopic (exact) mass is 372 g/mol. The first-order valence-electron chi connectivity index (χ1n) is 7.43. The zero-order valence-corrected chi connectivity index (χ0v) is 13.8. The highest BCUT2D eigenvalue weighted by molar-refractivity contribution is 9.10. The minimum absolute atomic E-state index is 0.0131. The van der Waals surface area contributed by atoms with E-state index in [1.165, 1.54) is 12.1 Å². The van der Waals surface area contributed by atoms with E-state index in [0.717, 1.165) is 39.5 Å². The highest BCUT2D eigenvalue weighted by atomic mass is 79.9. The van der Waals surface area contributed by atoms with Gasteiger partial charge < -0.3 is 10.3 Å². The average molecular weight is 373 g/mol. The Kier molecular flexibility index (Phi) is 3.27. The molecule has 0 spiro atoms. The number of hydrogen-bond donors (Lipinski definition) is 2. The van der Waals surface area contributed by atoms with Gasteiger partial charge in [0, 0.05) is 27.3 Å². The van der Waals surface area contributed by atoms with Gasteiger partial charge in [0.15, 0.2) is 0 Å². The molecule has 1 aromatic heterocycles. The van der Waals surface area contributed by atoms with Crippen LogP contribution in [-0.4, -0.2) is 10.9 Å². The first-order chi connectivity index (χ1) is 11.1. The number of aromatic nitrogens is 1. The van der Waals surface area contributed by atoms with Crippen molar-refractivity contribution < 1.29 is 9.18 Å². The van der Waals surface area contributed by atoms with Gasteiger partial charge >= 0.3 is 0 Å². The van der Waals surface area contributed by atoms with Gasteiger partial charge in [-0.05, 0) is 54.8 Å². The summed E-state index contributed by atoms with van der Waals surface area (Å²) in [6.45, 7) is 0. The van der Waals surface area contributed by atoms with Crippen LogP contribution in [0.3, 0.4) is 0 Å². The third-order valence-electron chi connectivity index (χ3n) is 4.43. The van der Waals surface area contributed by atoms with Gasteiger partial charge in [-0.25, -0.2) is 4.39 Å². The molecule has 1 saturated carbocycles. The Bertz CT molecular complexity index is 914. The lowest BCUT2D eigenvalue weighted by atomic mass is 9.94. The lowest BCUT2D eigenvalue weighted by molar-refractivity contribution is -0.118. The van der Waals surface area contributed by atoms with Crippen LogP contribution in [-0.2, 0) is 10.2 Å². The highest BCUT2D eigenvalue weighted by Gasteiger charge is 2.52. The summed E-state index contributed by atoms with van der Waals surface area (Å²) in [5, 5.41) is 3.90. The summed E-state index contributed by atoms with van der Waals surface area (Å²) in [4.78, 5) is 15.9. The number of fused-ring (bicyclic) bond motifs is 1. The number of rotatable bonds is 3. The molecule has 0 unspecified atom stereocenters. The van der Waals surface area contributed by atoms with E-state index in [2.05, 4.69) is 26.2 Å². The van der Waals surface area contributed by atoms with Crippen LogP contribution < -0.4 is 5.32 Å². The number of anilines is 1. The number of nitrogens with one attached hydrogen (secondary N) is 2. The van der Waals surface area contributed by atoms with E-state index in [0.29, 0.717) is 0 Å². The van der Waals surface area contributed by atoms with Crippen molar-refractivity contribution >= 4 is 38.4 Å². The molecule has 1 fully saturated rings. The second-order valence-electron chi connectivity index (χ2n) is 5.94. The van der Waals surface area contributed by atoms with Crippen LogP contribution in [0.4, 0.5) is 10.1 Å². The van der Waals surface area contributed by atoms with Crippen molar-refractivity contribution in [3.63, 3.8) is 0 Å². The molecule has 23 heavy (non-hydrogen) atoms. The Labute approximate surface area is 141 Å². The summed E-state index contributed by atoms with van der Waals surface area (Å²) < 4.78 is 14.3. The molecule has 1 heterocycles. The topological polar surface area (TPSA) is 44.9 Å². The highest BCUT2D eigenvalue weighted by Crippen LogP contribution is 2.51. The third-order valence-corrected chi connectivity index (χ3v) is 4.92. The van der Waals surface area contributed by atoms with Crippen LogP contribution in [0.5, 0.6) is 0 Å². The molecule has 0 atom stereocenters. The standard InChI is InChI=1S/C18H14BrFN2O/c19-11-2-1-3-13(8-11)22-17(23)18(6-7-18)15-10-21-16-9-12(20)4-5-14(15)16/h1-5,8-10,21H,6-7H2,(H,22,23). The van der Waals surface area contributed by atoms with E-state index >= 15 is 0 Å². The van der Waals surface area contributed by atoms with Gasteiger partial charge in [-0.2, -0.15) is 0 Å². The van der Waals surface area contributed by atoms with Gasteiger partial charge in [0.2, 0.25) is 5.91 Å². The van der Waals surface area contributed by atoms with Crippen LogP contribution in [0, 0.1) is 5.82 Å². The molecule has 5 heteroatoms. The molecular weight excluding hydrogens is 359 g/mol. The molecule has 3 nitrogen and oxygen atoms in total. The average Bonchev–Trinajstić information content (AvgIpc) is 3.22. The Balaban J connectivity index is 1.68. The van der Waals surface area contributed by atoms with Gasteiger partial charge in [0.1, 0.15) is 5.82 Å². The Hall–Kier alpha value is -2.14. The van der Waals surface area contributed by atoms with Crippen molar-refractivity contribution in [1.29, 1.82) is 0 Å². The molecule has 0 bridgehead atoms. The number of benzene rings is 2. The van der Waals surface area contributed by atoms with Gasteiger partial charge in [0.05, 0.1) is 5.41 Å². The van der Waals surface area contributed by atoms with E-state index in [1.54, 1.807) is 6.07 Å². The van der Waals surface area contributed by atoms with Crippen molar-refractivity contribution in [2.45, 2.75) is 18.3 Å². The largest absolute Gasteiger partial charge is 0.361 e. The van der Waals surface area contributed by atoms with Crippen molar-refractivity contribution in [3.05, 3.63) is 64.5 Å². The fourth-order valence-corrected chi connectivity index (χ4v) is 3.45. The molecule has 1 aliphatic rings. The molecule has 1 aliphatic carbocycles. The summed E-state index contributed by atoms with van der Waals surface area (Å²) in [6, 6.07) is 12.2. The summed E-state index contributed by atoms with van der Waals surface area (Å²) in [5.74, 6) is -0.296. The lowest BCUT2D eigenvalue weighted by Gasteiger charge is -2.15. The fraction of sp³-hybridized carbons (Fsp3) is 0.167. The van der Waals surface area contributed by atoms with Crippen molar-refractivity contribution in [2.75, 3.05) is 5.32 Å². The maximum Gasteiger partial charge on any atom is 0.235 e. The van der Waals surface area contributed by atoms with Crippen LogP contribution in [0.1, 0.15) is 18.4 Å². The Morgan fingerprint density at radius 1 is 1.22 bits per heavy atom. The molecule has 116 valence electrons. The van der Waals surface area contributed by atoms with E-state index in [-0.39, 0.29) is 11.7 Å². The summed E-state index contributed by atoms with van der Waals surface area (Å²) >= 11 is 3.40. The SMILES string of the molecule is O=C(Nc1cccc(Br)c1)C1(c2c[nH]c3cc(F)ccc23)CC1. The van der Waals surface area contributed by atoms with Crippen LogP contribution in [0.15, 0.2) is 53.1 Å². The fourth-order valence-electron chi connectivity index (χ4n) is 3.06. The lowest BCUT2D eigenvalue weighted by Crippen LogP contribution is -2.27. The number of hydrogen-bond acceptors (Lipinski definition) is 1. The molecule has 1 amide bonds. The number of halogens is 2. The van der Waals surface area contributed by atoms with E-state index < -0.39 is 5.41 Å². The maximum atomic E-state index is 13.3. The summed E-state index contributed by atoms with van der Waals surface area (Å²) in [7, 11) is 0. The third kappa shape index (κ3) is 2.45. The molecule has 3 aromatic rings. The second kappa shape index (κ2) is 5.20. The van der Waals surface area contributed by atoms with E-state index in [1.807, 2.05) is 30.5 Å². The minimum atomic E-state index is -0.515. The van der Waals surface area contributed by atoms with E-state index in [9.17, 15) is 9.18 Å². The number of amides is 1.